The first kappa shape index (κ1) is 18.2. The first-order chi connectivity index (χ1) is 11.2. The summed E-state index contributed by atoms with van der Waals surface area (Å²) in [5.41, 5.74) is -0.0128. The van der Waals surface area contributed by atoms with Crippen molar-refractivity contribution < 1.29 is 14.1 Å². The normalized spacial score (nSPS) is 11.2. The standard InChI is InChI=1S/C17H20BrN3O3/c1-11-9-14(20-24-11)19-15(22)10-21(17(2,3)4)16(23)12-7-5-6-8-13(12)18/h5-9H,10H2,1-4H3,(H,19,20,22). The lowest BCUT2D eigenvalue weighted by atomic mass is 10.0. The summed E-state index contributed by atoms with van der Waals surface area (Å²) in [5.74, 6) is 0.377. The molecule has 6 nitrogen and oxygen atoms in total. The number of aromatic nitrogens is 1. The molecular formula is C17H20BrN3O3. The quantitative estimate of drug-likeness (QED) is 0.860. The maximum Gasteiger partial charge on any atom is 0.255 e. The number of hydrogen-bond acceptors (Lipinski definition) is 4. The number of carbonyl (C=O) groups is 2. The molecule has 2 rings (SSSR count). The van der Waals surface area contributed by atoms with Crippen molar-refractivity contribution in [1.82, 2.24) is 10.1 Å². The number of nitrogens with zero attached hydrogens (tertiary/aromatic N) is 2. The van der Waals surface area contributed by atoms with E-state index >= 15 is 0 Å². The molecule has 1 aromatic carbocycles. The number of amides is 2. The molecule has 0 unspecified atom stereocenters. The molecule has 128 valence electrons. The van der Waals surface area contributed by atoms with Gasteiger partial charge in [-0.3, -0.25) is 9.59 Å². The molecule has 2 aromatic rings. The van der Waals surface area contributed by atoms with Gasteiger partial charge in [-0.25, -0.2) is 0 Å². The van der Waals surface area contributed by atoms with E-state index in [1.54, 1.807) is 31.2 Å². The van der Waals surface area contributed by atoms with Crippen LogP contribution >= 0.6 is 15.9 Å². The summed E-state index contributed by atoms with van der Waals surface area (Å²) < 4.78 is 5.61. The van der Waals surface area contributed by atoms with E-state index in [4.69, 9.17) is 4.52 Å². The van der Waals surface area contributed by atoms with Crippen LogP contribution in [0.25, 0.3) is 0 Å². The summed E-state index contributed by atoms with van der Waals surface area (Å²) in [5, 5.41) is 6.36. The molecule has 0 atom stereocenters. The van der Waals surface area contributed by atoms with Gasteiger partial charge in [0.25, 0.3) is 5.91 Å². The predicted octanol–water partition coefficient (Wildman–Crippen LogP) is 3.62. The summed E-state index contributed by atoms with van der Waals surface area (Å²) >= 11 is 3.38. The fourth-order valence-electron chi connectivity index (χ4n) is 2.14. The Morgan fingerprint density at radius 3 is 2.50 bits per heavy atom. The van der Waals surface area contributed by atoms with Crippen LogP contribution < -0.4 is 5.32 Å². The number of carbonyl (C=O) groups excluding carboxylic acids is 2. The molecule has 24 heavy (non-hydrogen) atoms. The smallest absolute Gasteiger partial charge is 0.255 e. The van der Waals surface area contributed by atoms with E-state index in [2.05, 4.69) is 26.4 Å². The largest absolute Gasteiger partial charge is 0.360 e. The number of hydrogen-bond donors (Lipinski definition) is 1. The fraction of sp³-hybridized carbons (Fsp3) is 0.353. The van der Waals surface area contributed by atoms with Crippen LogP contribution in [0.1, 0.15) is 36.9 Å². The highest BCUT2D eigenvalue weighted by Crippen LogP contribution is 2.22. The van der Waals surface area contributed by atoms with E-state index in [-0.39, 0.29) is 18.4 Å². The zero-order chi connectivity index (χ0) is 17.9. The number of halogens is 1. The lowest BCUT2D eigenvalue weighted by Gasteiger charge is -2.35. The topological polar surface area (TPSA) is 75.4 Å². The molecule has 0 fully saturated rings. The number of aryl methyl sites for hydroxylation is 1. The Labute approximate surface area is 149 Å². The molecule has 0 radical (unpaired) electrons. The first-order valence-corrected chi connectivity index (χ1v) is 8.27. The predicted molar refractivity (Wildman–Crippen MR) is 94.8 cm³/mol. The Balaban J connectivity index is 2.18. The van der Waals surface area contributed by atoms with Crippen molar-refractivity contribution in [3.8, 4) is 0 Å². The van der Waals surface area contributed by atoms with E-state index in [0.29, 0.717) is 21.6 Å². The summed E-state index contributed by atoms with van der Waals surface area (Å²) in [6, 6.07) is 8.77. The zero-order valence-corrected chi connectivity index (χ0v) is 15.7. The molecule has 1 N–H and O–H groups in total. The molecule has 7 heteroatoms. The van der Waals surface area contributed by atoms with Gasteiger partial charge in [-0.05, 0) is 55.8 Å². The Bertz CT molecular complexity index is 750. The Morgan fingerprint density at radius 2 is 1.96 bits per heavy atom. The lowest BCUT2D eigenvalue weighted by Crippen LogP contribution is -2.49. The third kappa shape index (κ3) is 4.44. The third-order valence-electron chi connectivity index (χ3n) is 3.36. The van der Waals surface area contributed by atoms with Crippen LogP contribution in [0.2, 0.25) is 0 Å². The summed E-state index contributed by atoms with van der Waals surface area (Å²) in [7, 11) is 0. The van der Waals surface area contributed by atoms with Gasteiger partial charge < -0.3 is 14.7 Å². The monoisotopic (exact) mass is 393 g/mol. The third-order valence-corrected chi connectivity index (χ3v) is 4.05. The highest BCUT2D eigenvalue weighted by Gasteiger charge is 2.30. The SMILES string of the molecule is Cc1cc(NC(=O)CN(C(=O)c2ccccc2Br)C(C)(C)C)no1. The number of anilines is 1. The molecule has 0 bridgehead atoms. The molecule has 0 spiro atoms. The molecule has 0 saturated carbocycles. The second-order valence-corrected chi connectivity index (χ2v) is 7.27. The first-order valence-electron chi connectivity index (χ1n) is 7.48. The highest BCUT2D eigenvalue weighted by atomic mass is 79.9. The minimum absolute atomic E-state index is 0.0877. The van der Waals surface area contributed by atoms with E-state index in [0.717, 1.165) is 0 Å². The second-order valence-electron chi connectivity index (χ2n) is 6.41. The van der Waals surface area contributed by atoms with Gasteiger partial charge in [-0.1, -0.05) is 17.3 Å². The number of benzene rings is 1. The molecular weight excluding hydrogens is 374 g/mol. The minimum Gasteiger partial charge on any atom is -0.360 e. The summed E-state index contributed by atoms with van der Waals surface area (Å²) in [6.45, 7) is 7.30. The average molecular weight is 394 g/mol. The average Bonchev–Trinajstić information content (AvgIpc) is 2.88. The van der Waals surface area contributed by atoms with Gasteiger partial charge in [0.05, 0.1) is 5.56 Å². The molecule has 1 heterocycles. The van der Waals surface area contributed by atoms with E-state index in [9.17, 15) is 9.59 Å². The Hall–Kier alpha value is -2.15. The molecule has 0 saturated heterocycles. The fourth-order valence-corrected chi connectivity index (χ4v) is 2.60. The molecule has 0 aliphatic rings. The van der Waals surface area contributed by atoms with Crippen LogP contribution in [0.5, 0.6) is 0 Å². The van der Waals surface area contributed by atoms with Crippen molar-refractivity contribution in [2.24, 2.45) is 0 Å². The minimum atomic E-state index is -0.524. The summed E-state index contributed by atoms with van der Waals surface area (Å²) in [6.07, 6.45) is 0. The van der Waals surface area contributed by atoms with E-state index in [1.807, 2.05) is 26.8 Å². The Morgan fingerprint density at radius 1 is 1.29 bits per heavy atom. The molecule has 0 aliphatic heterocycles. The van der Waals surface area contributed by atoms with Crippen molar-refractivity contribution in [3.05, 3.63) is 46.1 Å². The molecule has 0 aliphatic carbocycles. The van der Waals surface area contributed by atoms with Crippen LogP contribution in [0, 0.1) is 6.92 Å². The molecule has 2 amide bonds. The maximum atomic E-state index is 12.9. The number of nitrogens with one attached hydrogen (secondary N) is 1. The summed E-state index contributed by atoms with van der Waals surface area (Å²) in [4.78, 5) is 26.7. The van der Waals surface area contributed by atoms with Crippen LogP contribution in [-0.4, -0.2) is 34.0 Å². The van der Waals surface area contributed by atoms with Crippen molar-refractivity contribution in [2.75, 3.05) is 11.9 Å². The van der Waals surface area contributed by atoms with Crippen LogP contribution in [0.4, 0.5) is 5.82 Å². The van der Waals surface area contributed by atoms with Gasteiger partial charge in [0.2, 0.25) is 5.91 Å². The van der Waals surface area contributed by atoms with Crippen molar-refractivity contribution >= 4 is 33.6 Å². The molecule has 1 aromatic heterocycles. The van der Waals surface area contributed by atoms with Gasteiger partial charge >= 0.3 is 0 Å². The zero-order valence-electron chi connectivity index (χ0n) is 14.1. The Kier molecular flexibility index (Phi) is 5.43. The van der Waals surface area contributed by atoms with Gasteiger partial charge in [-0.2, -0.15) is 0 Å². The van der Waals surface area contributed by atoms with Gasteiger partial charge in [0.15, 0.2) is 5.82 Å². The van der Waals surface area contributed by atoms with Gasteiger partial charge in [0.1, 0.15) is 12.3 Å². The maximum absolute atomic E-state index is 12.9. The number of rotatable bonds is 4. The highest BCUT2D eigenvalue weighted by molar-refractivity contribution is 9.10. The van der Waals surface area contributed by atoms with E-state index in [1.165, 1.54) is 4.90 Å². The van der Waals surface area contributed by atoms with Gasteiger partial charge in [0, 0.05) is 16.1 Å². The van der Waals surface area contributed by atoms with Crippen LogP contribution in [-0.2, 0) is 4.79 Å². The van der Waals surface area contributed by atoms with E-state index < -0.39 is 5.54 Å². The van der Waals surface area contributed by atoms with Crippen molar-refractivity contribution in [1.29, 1.82) is 0 Å². The lowest BCUT2D eigenvalue weighted by molar-refractivity contribution is -0.117. The van der Waals surface area contributed by atoms with Crippen molar-refractivity contribution in [2.45, 2.75) is 33.2 Å². The second kappa shape index (κ2) is 7.17. The van der Waals surface area contributed by atoms with Crippen LogP contribution in [0.3, 0.4) is 0 Å². The van der Waals surface area contributed by atoms with Crippen molar-refractivity contribution in [3.63, 3.8) is 0 Å². The van der Waals surface area contributed by atoms with Gasteiger partial charge in [-0.15, -0.1) is 0 Å². The van der Waals surface area contributed by atoms with Crippen LogP contribution in [0.15, 0.2) is 39.3 Å².